The van der Waals surface area contributed by atoms with Crippen molar-refractivity contribution in [2.45, 2.75) is 25.9 Å². The van der Waals surface area contributed by atoms with Crippen molar-refractivity contribution >= 4 is 5.97 Å². The van der Waals surface area contributed by atoms with E-state index in [1.807, 2.05) is 6.92 Å². The summed E-state index contributed by atoms with van der Waals surface area (Å²) in [7, 11) is 0. The SMILES string of the molecule is CCCN(CCCOc1cccc(C(F)(F)F)c1)CC(=O)O. The molecule has 1 aromatic rings. The van der Waals surface area contributed by atoms with E-state index >= 15 is 0 Å². The number of ether oxygens (including phenoxy) is 1. The molecule has 0 unspecified atom stereocenters. The highest BCUT2D eigenvalue weighted by Crippen LogP contribution is 2.31. The van der Waals surface area contributed by atoms with Crippen LogP contribution in [0.3, 0.4) is 0 Å². The standard InChI is InChI=1S/C15H20F3NO3/c1-2-7-19(11-14(20)21)8-4-9-22-13-6-3-5-12(10-13)15(16,17)18/h3,5-6,10H,2,4,7-9,11H2,1H3,(H,20,21). The molecule has 0 aliphatic rings. The van der Waals surface area contributed by atoms with E-state index < -0.39 is 17.7 Å². The normalized spacial score (nSPS) is 11.7. The molecule has 0 spiro atoms. The molecule has 0 aromatic heterocycles. The third kappa shape index (κ3) is 6.80. The maximum absolute atomic E-state index is 12.6. The Kier molecular flexibility index (Phi) is 7.17. The number of alkyl halides is 3. The van der Waals surface area contributed by atoms with E-state index in [1.165, 1.54) is 12.1 Å². The van der Waals surface area contributed by atoms with Gasteiger partial charge in [-0.3, -0.25) is 9.69 Å². The number of carbonyl (C=O) groups is 1. The second-order valence-electron chi connectivity index (χ2n) is 4.90. The average molecular weight is 319 g/mol. The number of carboxylic acid groups (broad SMARTS) is 1. The van der Waals surface area contributed by atoms with Crippen LogP contribution in [0.5, 0.6) is 5.75 Å². The minimum absolute atomic E-state index is 0.0442. The first-order chi connectivity index (χ1) is 10.3. The van der Waals surface area contributed by atoms with Crippen LogP contribution in [0.25, 0.3) is 0 Å². The third-order valence-electron chi connectivity index (χ3n) is 2.95. The molecular weight excluding hydrogens is 299 g/mol. The molecule has 0 heterocycles. The summed E-state index contributed by atoms with van der Waals surface area (Å²) >= 11 is 0. The van der Waals surface area contributed by atoms with Gasteiger partial charge in [-0.2, -0.15) is 13.2 Å². The van der Waals surface area contributed by atoms with Gasteiger partial charge >= 0.3 is 12.1 Å². The van der Waals surface area contributed by atoms with Gasteiger partial charge in [0.25, 0.3) is 0 Å². The van der Waals surface area contributed by atoms with Gasteiger partial charge in [-0.25, -0.2) is 0 Å². The average Bonchev–Trinajstić information content (AvgIpc) is 2.42. The first-order valence-electron chi connectivity index (χ1n) is 7.07. The molecule has 0 atom stereocenters. The van der Waals surface area contributed by atoms with Crippen LogP contribution in [0.15, 0.2) is 24.3 Å². The Labute approximate surface area is 127 Å². The van der Waals surface area contributed by atoms with Crippen LogP contribution in [-0.4, -0.2) is 42.2 Å². The Morgan fingerprint density at radius 1 is 1.32 bits per heavy atom. The van der Waals surface area contributed by atoms with Crippen LogP contribution < -0.4 is 4.74 Å². The smallest absolute Gasteiger partial charge is 0.416 e. The molecule has 1 aromatic carbocycles. The fourth-order valence-electron chi connectivity index (χ4n) is 2.02. The van der Waals surface area contributed by atoms with Gasteiger partial charge < -0.3 is 9.84 Å². The number of aliphatic carboxylic acids is 1. The van der Waals surface area contributed by atoms with E-state index in [0.29, 0.717) is 19.5 Å². The monoisotopic (exact) mass is 319 g/mol. The van der Waals surface area contributed by atoms with Crippen molar-refractivity contribution in [3.8, 4) is 5.75 Å². The van der Waals surface area contributed by atoms with Crippen LogP contribution >= 0.6 is 0 Å². The van der Waals surface area contributed by atoms with Crippen LogP contribution in [0.1, 0.15) is 25.3 Å². The zero-order valence-corrected chi connectivity index (χ0v) is 12.4. The van der Waals surface area contributed by atoms with Gasteiger partial charge in [0, 0.05) is 6.54 Å². The number of rotatable bonds is 9. The lowest BCUT2D eigenvalue weighted by atomic mass is 10.2. The quantitative estimate of drug-likeness (QED) is 0.710. The molecule has 124 valence electrons. The van der Waals surface area contributed by atoms with Gasteiger partial charge in [-0.15, -0.1) is 0 Å². The maximum atomic E-state index is 12.6. The summed E-state index contributed by atoms with van der Waals surface area (Å²) in [5.41, 5.74) is -0.747. The maximum Gasteiger partial charge on any atom is 0.416 e. The van der Waals surface area contributed by atoms with Gasteiger partial charge in [-0.1, -0.05) is 13.0 Å². The highest BCUT2D eigenvalue weighted by atomic mass is 19.4. The first kappa shape index (κ1) is 18.3. The van der Waals surface area contributed by atoms with E-state index in [0.717, 1.165) is 18.6 Å². The Balaban J connectivity index is 2.42. The molecule has 7 heteroatoms. The molecule has 0 bridgehead atoms. The molecule has 4 nitrogen and oxygen atoms in total. The highest BCUT2D eigenvalue weighted by Gasteiger charge is 2.30. The number of halogens is 3. The van der Waals surface area contributed by atoms with E-state index in [1.54, 1.807) is 4.90 Å². The largest absolute Gasteiger partial charge is 0.494 e. The van der Waals surface area contributed by atoms with Gasteiger partial charge in [0.1, 0.15) is 5.75 Å². The van der Waals surface area contributed by atoms with Gasteiger partial charge in [-0.05, 0) is 37.6 Å². The second kappa shape index (κ2) is 8.63. The van der Waals surface area contributed by atoms with Crippen molar-refractivity contribution in [3.05, 3.63) is 29.8 Å². The zero-order valence-electron chi connectivity index (χ0n) is 12.4. The van der Waals surface area contributed by atoms with E-state index in [-0.39, 0.29) is 18.9 Å². The molecular formula is C15H20F3NO3. The number of carboxylic acids is 1. The molecule has 0 saturated heterocycles. The van der Waals surface area contributed by atoms with Crippen LogP contribution in [0, 0.1) is 0 Å². The summed E-state index contributed by atoms with van der Waals surface area (Å²) in [5, 5.41) is 8.77. The van der Waals surface area contributed by atoms with E-state index in [9.17, 15) is 18.0 Å². The Hall–Kier alpha value is -1.76. The molecule has 22 heavy (non-hydrogen) atoms. The minimum atomic E-state index is -4.39. The number of hydrogen-bond donors (Lipinski definition) is 1. The van der Waals surface area contributed by atoms with Crippen LogP contribution in [0.4, 0.5) is 13.2 Å². The predicted molar refractivity (Wildman–Crippen MR) is 75.9 cm³/mol. The topological polar surface area (TPSA) is 49.8 Å². The van der Waals surface area contributed by atoms with Gasteiger partial charge in [0.15, 0.2) is 0 Å². The highest BCUT2D eigenvalue weighted by molar-refractivity contribution is 5.69. The van der Waals surface area contributed by atoms with Crippen molar-refractivity contribution in [2.24, 2.45) is 0 Å². The van der Waals surface area contributed by atoms with Crippen LogP contribution in [-0.2, 0) is 11.0 Å². The van der Waals surface area contributed by atoms with E-state index in [4.69, 9.17) is 9.84 Å². The summed E-state index contributed by atoms with van der Waals surface area (Å²) in [5.74, 6) is -0.734. The predicted octanol–water partition coefficient (Wildman–Crippen LogP) is 3.27. The van der Waals surface area contributed by atoms with Gasteiger partial charge in [0.2, 0.25) is 0 Å². The molecule has 0 aliphatic heterocycles. The lowest BCUT2D eigenvalue weighted by molar-refractivity contribution is -0.138. The Morgan fingerprint density at radius 2 is 2.05 bits per heavy atom. The molecule has 0 aliphatic carbocycles. The molecule has 0 radical (unpaired) electrons. The Morgan fingerprint density at radius 3 is 2.64 bits per heavy atom. The summed E-state index contributed by atoms with van der Waals surface area (Å²) in [6.07, 6.45) is -3.01. The summed E-state index contributed by atoms with van der Waals surface area (Å²) in [4.78, 5) is 12.5. The third-order valence-corrected chi connectivity index (χ3v) is 2.95. The lowest BCUT2D eigenvalue weighted by Crippen LogP contribution is -2.32. The minimum Gasteiger partial charge on any atom is -0.494 e. The summed E-state index contributed by atoms with van der Waals surface area (Å²) in [6, 6.07) is 4.71. The van der Waals surface area contributed by atoms with Crippen molar-refractivity contribution in [1.82, 2.24) is 4.90 Å². The van der Waals surface area contributed by atoms with E-state index in [2.05, 4.69) is 0 Å². The summed E-state index contributed by atoms with van der Waals surface area (Å²) < 4.78 is 43.0. The second-order valence-corrected chi connectivity index (χ2v) is 4.90. The fraction of sp³-hybridized carbons (Fsp3) is 0.533. The molecule has 1 N–H and O–H groups in total. The first-order valence-corrected chi connectivity index (χ1v) is 7.07. The van der Waals surface area contributed by atoms with Crippen molar-refractivity contribution in [1.29, 1.82) is 0 Å². The molecule has 0 amide bonds. The molecule has 0 saturated carbocycles. The number of nitrogens with zero attached hydrogens (tertiary/aromatic N) is 1. The Bertz CT molecular complexity index is 477. The van der Waals surface area contributed by atoms with Crippen LogP contribution in [0.2, 0.25) is 0 Å². The zero-order chi connectivity index (χ0) is 16.6. The fourth-order valence-corrected chi connectivity index (χ4v) is 2.02. The molecule has 1 rings (SSSR count). The number of benzene rings is 1. The van der Waals surface area contributed by atoms with Gasteiger partial charge in [0.05, 0.1) is 18.7 Å². The van der Waals surface area contributed by atoms with Crippen molar-refractivity contribution in [2.75, 3.05) is 26.2 Å². The van der Waals surface area contributed by atoms with Crippen molar-refractivity contribution in [3.63, 3.8) is 0 Å². The summed E-state index contributed by atoms with van der Waals surface area (Å²) in [6.45, 7) is 3.33. The molecule has 0 fully saturated rings. The van der Waals surface area contributed by atoms with Crippen molar-refractivity contribution < 1.29 is 27.8 Å². The lowest BCUT2D eigenvalue weighted by Gasteiger charge is -2.19. The number of hydrogen-bond acceptors (Lipinski definition) is 3.